The number of aliphatic hydroxyl groups excluding tert-OH is 1. The van der Waals surface area contributed by atoms with Gasteiger partial charge in [0.2, 0.25) is 5.91 Å². The number of piperidine rings is 2. The number of ether oxygens (including phenoxy) is 1. The van der Waals surface area contributed by atoms with E-state index in [0.717, 1.165) is 71.4 Å². The molecule has 0 radical (unpaired) electrons. The van der Waals surface area contributed by atoms with Crippen LogP contribution in [0.25, 0.3) is 0 Å². The number of likely N-dealkylation sites (tertiary alicyclic amines) is 2. The minimum Gasteiger partial charge on any atom is -0.392 e. The lowest BCUT2D eigenvalue weighted by Gasteiger charge is -2.56. The summed E-state index contributed by atoms with van der Waals surface area (Å²) >= 11 is 0. The fraction of sp³-hybridized carbons (Fsp3) is 0.944. The van der Waals surface area contributed by atoms with Crippen LogP contribution in [0.1, 0.15) is 51.9 Å². The van der Waals surface area contributed by atoms with Gasteiger partial charge in [0.1, 0.15) is 0 Å². The van der Waals surface area contributed by atoms with Gasteiger partial charge in [-0.15, -0.1) is 0 Å². The van der Waals surface area contributed by atoms with Crippen LogP contribution >= 0.6 is 0 Å². The van der Waals surface area contributed by atoms with E-state index in [1.54, 1.807) is 0 Å². The molecule has 5 nitrogen and oxygen atoms in total. The summed E-state index contributed by atoms with van der Waals surface area (Å²) < 4.78 is 5.82. The van der Waals surface area contributed by atoms with E-state index in [1.165, 1.54) is 6.42 Å². The highest BCUT2D eigenvalue weighted by atomic mass is 16.5. The molecular formula is C18H32N2O3. The second-order valence-corrected chi connectivity index (χ2v) is 7.46. The molecular weight excluding hydrogens is 292 g/mol. The Hall–Kier alpha value is -0.650. The Labute approximate surface area is 140 Å². The summed E-state index contributed by atoms with van der Waals surface area (Å²) in [5.74, 6) is 0.320. The quantitative estimate of drug-likeness (QED) is 0.835. The summed E-state index contributed by atoms with van der Waals surface area (Å²) in [4.78, 5) is 16.7. The van der Waals surface area contributed by atoms with Crippen molar-refractivity contribution in [3.63, 3.8) is 0 Å². The van der Waals surface area contributed by atoms with Crippen LogP contribution in [0.4, 0.5) is 0 Å². The molecule has 0 bridgehead atoms. The Bertz CT molecular complexity index is 399. The second-order valence-electron chi connectivity index (χ2n) is 7.46. The molecule has 2 aliphatic heterocycles. The monoisotopic (exact) mass is 324 g/mol. The van der Waals surface area contributed by atoms with Crippen molar-refractivity contribution in [3.8, 4) is 0 Å². The fourth-order valence-electron chi connectivity index (χ4n) is 4.56. The van der Waals surface area contributed by atoms with E-state index in [-0.39, 0.29) is 17.6 Å². The molecule has 3 rings (SSSR count). The maximum Gasteiger partial charge on any atom is 0.223 e. The number of carbonyl (C=O) groups is 1. The van der Waals surface area contributed by atoms with Crippen LogP contribution in [-0.4, -0.2) is 72.4 Å². The van der Waals surface area contributed by atoms with Gasteiger partial charge in [0.15, 0.2) is 0 Å². The Morgan fingerprint density at radius 3 is 2.48 bits per heavy atom. The maximum absolute atomic E-state index is 12.3. The summed E-state index contributed by atoms with van der Waals surface area (Å²) in [5, 5.41) is 10.2. The third kappa shape index (κ3) is 3.57. The van der Waals surface area contributed by atoms with Gasteiger partial charge in [-0.25, -0.2) is 0 Å². The number of carbonyl (C=O) groups excluding carboxylic acids is 1. The van der Waals surface area contributed by atoms with Crippen LogP contribution in [0.5, 0.6) is 0 Å². The van der Waals surface area contributed by atoms with Crippen molar-refractivity contribution in [1.82, 2.24) is 9.80 Å². The minimum atomic E-state index is -0.198. The molecule has 1 N–H and O–H groups in total. The zero-order valence-corrected chi connectivity index (χ0v) is 14.5. The van der Waals surface area contributed by atoms with Crippen LogP contribution < -0.4 is 0 Å². The van der Waals surface area contributed by atoms with Crippen LogP contribution in [0, 0.1) is 5.41 Å². The van der Waals surface area contributed by atoms with Gasteiger partial charge in [-0.3, -0.25) is 4.79 Å². The maximum atomic E-state index is 12.3. The molecule has 0 aromatic rings. The lowest BCUT2D eigenvalue weighted by molar-refractivity contribution is -0.209. The van der Waals surface area contributed by atoms with E-state index in [9.17, 15) is 9.90 Å². The largest absolute Gasteiger partial charge is 0.392 e. The summed E-state index contributed by atoms with van der Waals surface area (Å²) in [5.41, 5.74) is -0.0105. The standard InChI is InChI=1S/C18H32N2O3/c1-2-23-16-14-15(21)18(16)7-12-19(13-8-18)11-6-17(22)20-9-4-3-5-10-20/h15-16,21H,2-14H2,1H3. The highest BCUT2D eigenvalue weighted by molar-refractivity contribution is 5.76. The van der Waals surface area contributed by atoms with Gasteiger partial charge >= 0.3 is 0 Å². The van der Waals surface area contributed by atoms with Crippen molar-refractivity contribution in [2.45, 2.75) is 64.1 Å². The summed E-state index contributed by atoms with van der Waals surface area (Å²) in [7, 11) is 0. The number of amides is 1. The van der Waals surface area contributed by atoms with Gasteiger partial charge in [0.05, 0.1) is 12.2 Å². The highest BCUT2D eigenvalue weighted by Crippen LogP contribution is 2.50. The Balaban J connectivity index is 1.41. The van der Waals surface area contributed by atoms with E-state index < -0.39 is 0 Å². The van der Waals surface area contributed by atoms with Gasteiger partial charge < -0.3 is 19.6 Å². The summed E-state index contributed by atoms with van der Waals surface area (Å²) in [6.07, 6.45) is 7.06. The van der Waals surface area contributed by atoms with Crippen molar-refractivity contribution in [3.05, 3.63) is 0 Å². The highest BCUT2D eigenvalue weighted by Gasteiger charge is 2.55. The van der Waals surface area contributed by atoms with E-state index in [4.69, 9.17) is 4.74 Å². The molecule has 2 heterocycles. The summed E-state index contributed by atoms with van der Waals surface area (Å²) in [6.45, 7) is 7.48. The molecule has 3 aliphatic rings. The number of rotatable bonds is 5. The van der Waals surface area contributed by atoms with Gasteiger partial charge in [-0.1, -0.05) is 0 Å². The van der Waals surface area contributed by atoms with Crippen molar-refractivity contribution in [2.24, 2.45) is 5.41 Å². The lowest BCUT2D eigenvalue weighted by Crippen LogP contribution is -2.62. The van der Waals surface area contributed by atoms with Crippen molar-refractivity contribution in [1.29, 1.82) is 0 Å². The molecule has 0 aromatic heterocycles. The number of nitrogens with zero attached hydrogens (tertiary/aromatic N) is 2. The zero-order valence-electron chi connectivity index (χ0n) is 14.5. The summed E-state index contributed by atoms with van der Waals surface area (Å²) in [6, 6.07) is 0. The van der Waals surface area contributed by atoms with Crippen molar-refractivity contribution >= 4 is 5.91 Å². The van der Waals surface area contributed by atoms with E-state index >= 15 is 0 Å². The van der Waals surface area contributed by atoms with Crippen LogP contribution in [0.2, 0.25) is 0 Å². The molecule has 1 saturated carbocycles. The number of hydrogen-bond acceptors (Lipinski definition) is 4. The Morgan fingerprint density at radius 1 is 1.17 bits per heavy atom. The molecule has 2 atom stereocenters. The third-order valence-corrected chi connectivity index (χ3v) is 6.25. The first-order valence-electron chi connectivity index (χ1n) is 9.45. The van der Waals surface area contributed by atoms with Crippen molar-refractivity contribution < 1.29 is 14.6 Å². The van der Waals surface area contributed by atoms with Crippen LogP contribution in [0.3, 0.4) is 0 Å². The topological polar surface area (TPSA) is 53.0 Å². The molecule has 3 fully saturated rings. The smallest absolute Gasteiger partial charge is 0.223 e. The Kier molecular flexibility index (Phi) is 5.60. The van der Waals surface area contributed by atoms with Gasteiger partial charge in [0.25, 0.3) is 0 Å². The van der Waals surface area contributed by atoms with Gasteiger partial charge in [-0.2, -0.15) is 0 Å². The molecule has 2 saturated heterocycles. The minimum absolute atomic E-state index is 0.0105. The Morgan fingerprint density at radius 2 is 1.87 bits per heavy atom. The fourth-order valence-corrected chi connectivity index (χ4v) is 4.56. The van der Waals surface area contributed by atoms with E-state index in [0.29, 0.717) is 12.3 Å². The van der Waals surface area contributed by atoms with Gasteiger partial charge in [-0.05, 0) is 52.1 Å². The van der Waals surface area contributed by atoms with Crippen LogP contribution in [0.15, 0.2) is 0 Å². The number of hydrogen-bond donors (Lipinski definition) is 1. The molecule has 23 heavy (non-hydrogen) atoms. The molecule has 132 valence electrons. The van der Waals surface area contributed by atoms with E-state index in [2.05, 4.69) is 4.90 Å². The second kappa shape index (κ2) is 7.49. The first kappa shape index (κ1) is 17.2. The predicted molar refractivity (Wildman–Crippen MR) is 89.2 cm³/mol. The normalized spacial score (nSPS) is 31.1. The average Bonchev–Trinajstić information content (AvgIpc) is 2.60. The molecule has 1 aliphatic carbocycles. The molecule has 5 heteroatoms. The lowest BCUT2D eigenvalue weighted by atomic mass is 9.58. The SMILES string of the molecule is CCOC1CC(O)C12CCN(CCC(=O)N1CCCCC1)CC2. The molecule has 0 aromatic carbocycles. The first-order chi connectivity index (χ1) is 11.2. The zero-order chi connectivity index (χ0) is 16.3. The average molecular weight is 324 g/mol. The molecule has 1 spiro atoms. The number of aliphatic hydroxyl groups is 1. The predicted octanol–water partition coefficient (Wildman–Crippen LogP) is 1.64. The van der Waals surface area contributed by atoms with Crippen molar-refractivity contribution in [2.75, 3.05) is 39.3 Å². The first-order valence-corrected chi connectivity index (χ1v) is 9.45. The third-order valence-electron chi connectivity index (χ3n) is 6.25. The molecule has 1 amide bonds. The van der Waals surface area contributed by atoms with E-state index in [1.807, 2.05) is 11.8 Å². The van der Waals surface area contributed by atoms with Crippen LogP contribution in [-0.2, 0) is 9.53 Å². The molecule has 2 unspecified atom stereocenters. The van der Waals surface area contributed by atoms with Gasteiger partial charge in [0, 0.05) is 44.5 Å².